The van der Waals surface area contributed by atoms with E-state index in [-0.39, 0.29) is 35.7 Å². The van der Waals surface area contributed by atoms with Crippen molar-refractivity contribution in [3.8, 4) is 5.75 Å². The number of carbonyl (C=O) groups excluding carboxylic acids is 2. The largest absolute Gasteiger partial charge is 0.493 e. The Bertz CT molecular complexity index is 1360. The van der Waals surface area contributed by atoms with Crippen molar-refractivity contribution in [2.45, 2.75) is 88.9 Å². The van der Waals surface area contributed by atoms with Crippen LogP contribution in [0.15, 0.2) is 58.6 Å². The second kappa shape index (κ2) is 10.0. The molecular formula is C31H38N4O5. The molecule has 1 aliphatic carbocycles. The fourth-order valence-electron chi connectivity index (χ4n) is 6.41. The van der Waals surface area contributed by atoms with E-state index < -0.39 is 5.60 Å². The molecule has 0 saturated heterocycles. The van der Waals surface area contributed by atoms with Crippen LogP contribution in [0.4, 0.5) is 0 Å². The minimum Gasteiger partial charge on any atom is -0.493 e. The van der Waals surface area contributed by atoms with Crippen molar-refractivity contribution in [1.82, 2.24) is 10.2 Å². The maximum atomic E-state index is 13.7. The SMILES string of the molecule is CC[C@@]12C=CN(C(N)=N1)[C@@H]1CCOc3ccc(cc31)C(=O)N[C@H]1CC(C)(C)OC3=C1C=C(OCCCC2)C(=O)C3. The quantitative estimate of drug-likeness (QED) is 0.536. The summed E-state index contributed by atoms with van der Waals surface area (Å²) >= 11 is 0. The molecule has 0 unspecified atom stereocenters. The Kier molecular flexibility index (Phi) is 6.63. The average molecular weight is 547 g/mol. The van der Waals surface area contributed by atoms with Crippen molar-refractivity contribution in [3.63, 3.8) is 0 Å². The average Bonchev–Trinajstić information content (AvgIpc) is 2.92. The Morgan fingerprint density at radius 1 is 1.18 bits per heavy atom. The first kappa shape index (κ1) is 26.5. The summed E-state index contributed by atoms with van der Waals surface area (Å²) in [6, 6.07) is 5.14. The first-order valence-corrected chi connectivity index (χ1v) is 14.4. The van der Waals surface area contributed by atoms with Crippen molar-refractivity contribution in [2.75, 3.05) is 13.2 Å². The van der Waals surface area contributed by atoms with Crippen LogP contribution in [0.25, 0.3) is 0 Å². The molecule has 40 heavy (non-hydrogen) atoms. The van der Waals surface area contributed by atoms with Gasteiger partial charge in [0.05, 0.1) is 37.3 Å². The highest BCUT2D eigenvalue weighted by Gasteiger charge is 2.40. The summed E-state index contributed by atoms with van der Waals surface area (Å²) in [4.78, 5) is 33.6. The number of fused-ring (bicyclic) bond motifs is 5. The highest BCUT2D eigenvalue weighted by molar-refractivity contribution is 5.98. The summed E-state index contributed by atoms with van der Waals surface area (Å²) in [5.74, 6) is 1.85. The molecule has 0 fully saturated rings. The molecule has 6 aliphatic rings. The lowest BCUT2D eigenvalue weighted by Crippen LogP contribution is -2.47. The third-order valence-corrected chi connectivity index (χ3v) is 8.62. The van der Waals surface area contributed by atoms with E-state index in [1.54, 1.807) is 12.1 Å². The minimum atomic E-state index is -0.530. The van der Waals surface area contributed by atoms with Crippen LogP contribution in [-0.4, -0.2) is 52.9 Å². The fourth-order valence-corrected chi connectivity index (χ4v) is 6.41. The second-order valence-electron chi connectivity index (χ2n) is 11.9. The zero-order valence-corrected chi connectivity index (χ0v) is 23.5. The van der Waals surface area contributed by atoms with Crippen LogP contribution in [0.1, 0.15) is 87.7 Å². The summed E-state index contributed by atoms with van der Waals surface area (Å²) in [6.07, 6.45) is 10.7. The van der Waals surface area contributed by atoms with Gasteiger partial charge in [-0.1, -0.05) is 6.92 Å². The van der Waals surface area contributed by atoms with E-state index in [4.69, 9.17) is 24.9 Å². The number of Topliss-reactive ketones (excluding diaryl/α,β-unsaturated/α-hetero) is 1. The topological polar surface area (TPSA) is 115 Å². The number of ether oxygens (including phenoxy) is 3. The molecule has 9 heteroatoms. The predicted molar refractivity (Wildman–Crippen MR) is 150 cm³/mol. The zero-order chi connectivity index (χ0) is 28.1. The molecule has 212 valence electrons. The van der Waals surface area contributed by atoms with Gasteiger partial charge in [0.1, 0.15) is 17.1 Å². The van der Waals surface area contributed by atoms with E-state index >= 15 is 0 Å². The molecule has 9 nitrogen and oxygen atoms in total. The molecule has 0 aromatic heterocycles. The number of hydrogen-bond acceptors (Lipinski definition) is 8. The van der Waals surface area contributed by atoms with Gasteiger partial charge < -0.3 is 30.2 Å². The summed E-state index contributed by atoms with van der Waals surface area (Å²) in [5.41, 5.74) is 7.94. The predicted octanol–water partition coefficient (Wildman–Crippen LogP) is 4.41. The highest BCUT2D eigenvalue weighted by Crippen LogP contribution is 2.41. The first-order chi connectivity index (χ1) is 19.2. The third kappa shape index (κ3) is 4.86. The van der Waals surface area contributed by atoms with Gasteiger partial charge in [-0.15, -0.1) is 0 Å². The van der Waals surface area contributed by atoms with Gasteiger partial charge >= 0.3 is 0 Å². The molecule has 7 rings (SSSR count). The zero-order valence-electron chi connectivity index (χ0n) is 23.5. The first-order valence-electron chi connectivity index (χ1n) is 14.4. The van der Waals surface area contributed by atoms with Crippen molar-refractivity contribution in [1.29, 1.82) is 0 Å². The molecule has 5 heterocycles. The van der Waals surface area contributed by atoms with Gasteiger partial charge in [-0.25, -0.2) is 4.99 Å². The highest BCUT2D eigenvalue weighted by atomic mass is 16.5. The van der Waals surface area contributed by atoms with Gasteiger partial charge in [0.25, 0.3) is 5.91 Å². The van der Waals surface area contributed by atoms with E-state index in [9.17, 15) is 9.59 Å². The number of nitrogens with zero attached hydrogens (tertiary/aromatic N) is 2. The van der Waals surface area contributed by atoms with Crippen LogP contribution in [0.5, 0.6) is 5.75 Å². The van der Waals surface area contributed by atoms with E-state index in [0.29, 0.717) is 42.7 Å². The smallest absolute Gasteiger partial charge is 0.251 e. The second-order valence-corrected chi connectivity index (χ2v) is 11.9. The van der Waals surface area contributed by atoms with Crippen LogP contribution >= 0.6 is 0 Å². The van der Waals surface area contributed by atoms with Crippen LogP contribution < -0.4 is 15.8 Å². The number of benzene rings is 1. The van der Waals surface area contributed by atoms with Crippen molar-refractivity contribution in [3.05, 3.63) is 64.8 Å². The Labute approximate surface area is 235 Å². The molecule has 5 aliphatic heterocycles. The molecule has 1 aromatic rings. The molecule has 0 radical (unpaired) electrons. The Morgan fingerprint density at radius 2 is 2.02 bits per heavy atom. The summed E-state index contributed by atoms with van der Waals surface area (Å²) < 4.78 is 18.2. The summed E-state index contributed by atoms with van der Waals surface area (Å²) in [6.45, 7) is 7.06. The van der Waals surface area contributed by atoms with E-state index in [1.807, 2.05) is 37.1 Å². The molecule has 0 spiro atoms. The number of nitrogens with two attached hydrogens (primary N) is 1. The van der Waals surface area contributed by atoms with Crippen LogP contribution in [0.2, 0.25) is 0 Å². The van der Waals surface area contributed by atoms with Crippen LogP contribution in [0, 0.1) is 0 Å². The number of allylic oxidation sites excluding steroid dienone is 2. The van der Waals surface area contributed by atoms with E-state index in [2.05, 4.69) is 18.3 Å². The number of amides is 1. The van der Waals surface area contributed by atoms with Gasteiger partial charge in [-0.2, -0.15) is 0 Å². The standard InChI is InChI=1S/C31H38N4O5/c1-4-31-10-5-6-13-38-27-16-20-22(18-30(2,3)40-26(20)17-24(27)36)33-28(37)19-7-8-25-21(15-19)23(9-14-39-25)35(12-11-31)29(32)34-31/h7-8,11-12,15-16,22-23H,4-6,9-10,13-14,17-18H2,1-3H3,(H2,32,34)(H,33,37)/t22-,23+,31+/m0/s1. The van der Waals surface area contributed by atoms with Crippen molar-refractivity contribution >= 4 is 17.6 Å². The number of nitrogens with one attached hydrogen (secondary N) is 1. The van der Waals surface area contributed by atoms with Gasteiger partial charge in [-0.05, 0) is 69.9 Å². The summed E-state index contributed by atoms with van der Waals surface area (Å²) in [7, 11) is 0. The Hall–Kier alpha value is -3.75. The molecule has 6 bridgehead atoms. The molecule has 3 N–H and O–H groups in total. The molecular weight excluding hydrogens is 508 g/mol. The number of rotatable bonds is 1. The van der Waals surface area contributed by atoms with E-state index in [1.165, 1.54) is 0 Å². The lowest BCUT2D eigenvalue weighted by molar-refractivity contribution is -0.120. The molecule has 1 amide bonds. The lowest BCUT2D eigenvalue weighted by atomic mass is 9.85. The normalized spacial score (nSPS) is 29.5. The van der Waals surface area contributed by atoms with Gasteiger partial charge in [0.2, 0.25) is 5.78 Å². The minimum absolute atomic E-state index is 0.0898. The summed E-state index contributed by atoms with van der Waals surface area (Å²) in [5, 5.41) is 3.22. The monoisotopic (exact) mass is 546 g/mol. The maximum Gasteiger partial charge on any atom is 0.251 e. The van der Waals surface area contributed by atoms with Crippen molar-refractivity contribution < 1.29 is 23.8 Å². The van der Waals surface area contributed by atoms with Gasteiger partial charge in [0, 0.05) is 35.7 Å². The van der Waals surface area contributed by atoms with Gasteiger partial charge in [-0.3, -0.25) is 9.59 Å². The van der Waals surface area contributed by atoms with Crippen molar-refractivity contribution in [2.24, 2.45) is 10.7 Å². The number of hydrogen-bond donors (Lipinski definition) is 2. The van der Waals surface area contributed by atoms with Gasteiger partial charge in [0.15, 0.2) is 11.7 Å². The Balaban J connectivity index is 1.40. The molecule has 3 atom stereocenters. The number of guanidine groups is 1. The number of aliphatic imine (C=N–C) groups is 1. The van der Waals surface area contributed by atoms with Crippen LogP contribution in [0.3, 0.4) is 0 Å². The third-order valence-electron chi connectivity index (χ3n) is 8.62. The molecule has 0 saturated carbocycles. The number of ketones is 1. The van der Waals surface area contributed by atoms with Crippen LogP contribution in [-0.2, 0) is 14.3 Å². The fraction of sp³-hybridized carbons (Fsp3) is 0.516. The number of carbonyl (C=O) groups is 2. The maximum absolute atomic E-state index is 13.7. The van der Waals surface area contributed by atoms with E-state index in [0.717, 1.165) is 49.0 Å². The molecule has 1 aromatic carbocycles. The Morgan fingerprint density at radius 3 is 2.83 bits per heavy atom. The lowest BCUT2D eigenvalue weighted by Gasteiger charge is -2.40.